The monoisotopic (exact) mass is 287 g/mol. The van der Waals surface area contributed by atoms with Crippen molar-refractivity contribution in [3.05, 3.63) is 30.1 Å². The molecule has 1 aliphatic heterocycles. The first-order chi connectivity index (χ1) is 9.46. The normalized spacial score (nSPS) is 22.8. The molecular formula is C13H16F3N3O. The van der Waals surface area contributed by atoms with Gasteiger partial charge in [0.1, 0.15) is 0 Å². The van der Waals surface area contributed by atoms with Gasteiger partial charge in [0.2, 0.25) is 5.91 Å². The van der Waals surface area contributed by atoms with Crippen LogP contribution in [0, 0.1) is 5.41 Å². The highest BCUT2D eigenvalue weighted by Crippen LogP contribution is 2.43. The molecule has 20 heavy (non-hydrogen) atoms. The van der Waals surface area contributed by atoms with Gasteiger partial charge in [-0.3, -0.25) is 9.78 Å². The van der Waals surface area contributed by atoms with E-state index >= 15 is 0 Å². The van der Waals surface area contributed by atoms with Gasteiger partial charge in [-0.25, -0.2) is 0 Å². The minimum Gasteiger partial charge on any atom is -0.355 e. The third-order valence-corrected chi connectivity index (χ3v) is 3.53. The van der Waals surface area contributed by atoms with Crippen molar-refractivity contribution in [2.24, 2.45) is 5.41 Å². The van der Waals surface area contributed by atoms with Crippen LogP contribution < -0.4 is 10.6 Å². The van der Waals surface area contributed by atoms with E-state index in [9.17, 15) is 18.0 Å². The Bertz CT molecular complexity index is 456. The van der Waals surface area contributed by atoms with Crippen molar-refractivity contribution >= 4 is 5.91 Å². The Hall–Kier alpha value is -1.63. The summed E-state index contributed by atoms with van der Waals surface area (Å²) in [5.41, 5.74) is -1.56. The highest BCUT2D eigenvalue weighted by molar-refractivity contribution is 5.84. The highest BCUT2D eigenvalue weighted by atomic mass is 19.4. The first-order valence-corrected chi connectivity index (χ1v) is 6.41. The van der Waals surface area contributed by atoms with E-state index in [-0.39, 0.29) is 26.1 Å². The second-order valence-electron chi connectivity index (χ2n) is 4.83. The molecule has 7 heteroatoms. The predicted octanol–water partition coefficient (Wildman–Crippen LogP) is 1.28. The van der Waals surface area contributed by atoms with Gasteiger partial charge in [-0.2, -0.15) is 13.2 Å². The summed E-state index contributed by atoms with van der Waals surface area (Å²) in [5, 5.41) is 5.00. The van der Waals surface area contributed by atoms with Crippen molar-refractivity contribution in [2.45, 2.75) is 19.0 Å². The second-order valence-corrected chi connectivity index (χ2v) is 4.83. The molecule has 110 valence electrons. The topological polar surface area (TPSA) is 54.0 Å². The van der Waals surface area contributed by atoms with E-state index in [4.69, 9.17) is 0 Å². The van der Waals surface area contributed by atoms with Crippen molar-refractivity contribution in [2.75, 3.05) is 19.6 Å². The molecule has 2 rings (SSSR count). The number of halogens is 3. The van der Waals surface area contributed by atoms with Crippen LogP contribution in [-0.2, 0) is 11.2 Å². The second kappa shape index (κ2) is 5.78. The van der Waals surface area contributed by atoms with Gasteiger partial charge in [0.05, 0.1) is 0 Å². The van der Waals surface area contributed by atoms with Crippen molar-refractivity contribution in [3.63, 3.8) is 0 Å². The fourth-order valence-corrected chi connectivity index (χ4v) is 2.28. The number of rotatable bonds is 4. The van der Waals surface area contributed by atoms with Crippen LogP contribution in [0.15, 0.2) is 24.4 Å². The lowest BCUT2D eigenvalue weighted by Crippen LogP contribution is -2.52. The number of aromatic nitrogens is 1. The van der Waals surface area contributed by atoms with E-state index in [0.29, 0.717) is 6.42 Å². The molecule has 0 bridgehead atoms. The zero-order valence-corrected chi connectivity index (χ0v) is 10.8. The van der Waals surface area contributed by atoms with Crippen LogP contribution >= 0.6 is 0 Å². The molecule has 1 aliphatic rings. The summed E-state index contributed by atoms with van der Waals surface area (Å²) >= 11 is 0. The molecule has 1 fully saturated rings. The van der Waals surface area contributed by atoms with Crippen molar-refractivity contribution in [1.82, 2.24) is 15.6 Å². The Labute approximate surface area is 114 Å². The van der Waals surface area contributed by atoms with Gasteiger partial charge in [0.25, 0.3) is 0 Å². The largest absolute Gasteiger partial charge is 0.404 e. The van der Waals surface area contributed by atoms with Gasteiger partial charge in [0.15, 0.2) is 5.41 Å². The van der Waals surface area contributed by atoms with Crippen LogP contribution in [0.25, 0.3) is 0 Å². The lowest BCUT2D eigenvalue weighted by Gasteiger charge is -2.29. The lowest BCUT2D eigenvalue weighted by molar-refractivity contribution is -0.215. The van der Waals surface area contributed by atoms with Crippen molar-refractivity contribution in [3.8, 4) is 0 Å². The Morgan fingerprint density at radius 1 is 1.45 bits per heavy atom. The highest BCUT2D eigenvalue weighted by Gasteiger charge is 2.61. The van der Waals surface area contributed by atoms with Gasteiger partial charge in [0, 0.05) is 31.4 Å². The smallest absolute Gasteiger partial charge is 0.355 e. The maximum absolute atomic E-state index is 13.1. The fourth-order valence-electron chi connectivity index (χ4n) is 2.28. The number of hydrogen-bond donors (Lipinski definition) is 2. The molecule has 0 aliphatic carbocycles. The third kappa shape index (κ3) is 2.92. The summed E-state index contributed by atoms with van der Waals surface area (Å²) in [7, 11) is 0. The van der Waals surface area contributed by atoms with Crippen LogP contribution in [0.4, 0.5) is 13.2 Å². The van der Waals surface area contributed by atoms with Crippen molar-refractivity contribution < 1.29 is 18.0 Å². The van der Waals surface area contributed by atoms with Gasteiger partial charge in [-0.15, -0.1) is 0 Å². The number of hydrogen-bond acceptors (Lipinski definition) is 3. The molecule has 2 heterocycles. The molecule has 0 aromatic carbocycles. The summed E-state index contributed by atoms with van der Waals surface area (Å²) in [5.74, 6) is -0.953. The average molecular weight is 287 g/mol. The van der Waals surface area contributed by atoms with Crippen LogP contribution in [0.2, 0.25) is 0 Å². The van der Waals surface area contributed by atoms with Crippen molar-refractivity contribution in [1.29, 1.82) is 0 Å². The summed E-state index contributed by atoms with van der Waals surface area (Å²) in [6.45, 7) is -0.00717. The SMILES string of the molecule is O=C(NCCc1ccccn1)C1(C(F)(F)F)CCNC1. The molecule has 1 saturated heterocycles. The maximum Gasteiger partial charge on any atom is 0.404 e. The summed E-state index contributed by atoms with van der Waals surface area (Å²) < 4.78 is 39.3. The maximum atomic E-state index is 13.1. The molecule has 1 unspecified atom stereocenters. The Morgan fingerprint density at radius 2 is 2.25 bits per heavy atom. The molecule has 4 nitrogen and oxygen atoms in total. The Kier molecular flexibility index (Phi) is 4.27. The van der Waals surface area contributed by atoms with E-state index in [1.807, 2.05) is 0 Å². The van der Waals surface area contributed by atoms with E-state index < -0.39 is 17.5 Å². The van der Waals surface area contributed by atoms with E-state index in [1.54, 1.807) is 24.4 Å². The van der Waals surface area contributed by atoms with Gasteiger partial charge >= 0.3 is 6.18 Å². The molecule has 2 N–H and O–H groups in total. The lowest BCUT2D eigenvalue weighted by atomic mass is 9.85. The molecule has 1 aromatic heterocycles. The number of nitrogens with zero attached hydrogens (tertiary/aromatic N) is 1. The van der Waals surface area contributed by atoms with Crippen LogP contribution in [0.3, 0.4) is 0 Å². The quantitative estimate of drug-likeness (QED) is 0.877. The first-order valence-electron chi connectivity index (χ1n) is 6.41. The zero-order valence-electron chi connectivity index (χ0n) is 10.8. The molecule has 1 amide bonds. The summed E-state index contributed by atoms with van der Waals surface area (Å²) in [6.07, 6.45) is -2.74. The number of amides is 1. The van der Waals surface area contributed by atoms with E-state index in [2.05, 4.69) is 15.6 Å². The minimum absolute atomic E-state index is 0.147. The van der Waals surface area contributed by atoms with Crippen LogP contribution in [0.1, 0.15) is 12.1 Å². The molecule has 0 spiro atoms. The van der Waals surface area contributed by atoms with Gasteiger partial charge in [-0.05, 0) is 25.1 Å². The molecule has 1 atom stereocenters. The Morgan fingerprint density at radius 3 is 2.80 bits per heavy atom. The minimum atomic E-state index is -4.54. The predicted molar refractivity (Wildman–Crippen MR) is 66.9 cm³/mol. The van der Waals surface area contributed by atoms with Gasteiger partial charge in [-0.1, -0.05) is 6.07 Å². The summed E-state index contributed by atoms with van der Waals surface area (Å²) in [4.78, 5) is 16.0. The van der Waals surface area contributed by atoms with E-state index in [1.165, 1.54) is 0 Å². The Balaban J connectivity index is 1.93. The van der Waals surface area contributed by atoms with E-state index in [0.717, 1.165) is 5.69 Å². The molecule has 1 aromatic rings. The summed E-state index contributed by atoms with van der Waals surface area (Å²) in [6, 6.07) is 5.32. The number of pyridine rings is 1. The molecule has 0 radical (unpaired) electrons. The number of carbonyl (C=O) groups is 1. The van der Waals surface area contributed by atoms with Crippen LogP contribution in [0.5, 0.6) is 0 Å². The first kappa shape index (κ1) is 14.8. The van der Waals surface area contributed by atoms with Crippen LogP contribution in [-0.4, -0.2) is 36.7 Å². The molecular weight excluding hydrogens is 271 g/mol. The zero-order chi connectivity index (χ0) is 14.6. The van der Waals surface area contributed by atoms with Gasteiger partial charge < -0.3 is 10.6 Å². The molecule has 0 saturated carbocycles. The number of carbonyl (C=O) groups excluding carboxylic acids is 1. The number of nitrogens with one attached hydrogen (secondary N) is 2. The standard InChI is InChI=1S/C13H16F3N3O/c14-13(15,16)12(5-8-17-9-12)11(20)19-7-4-10-3-1-2-6-18-10/h1-3,6,17H,4-5,7-9H2,(H,19,20). The third-order valence-electron chi connectivity index (χ3n) is 3.53. The average Bonchev–Trinajstić information content (AvgIpc) is 2.90. The fraction of sp³-hybridized carbons (Fsp3) is 0.538. The number of alkyl halides is 3.